The van der Waals surface area contributed by atoms with Gasteiger partial charge in [0.2, 0.25) is 0 Å². The van der Waals surface area contributed by atoms with Gasteiger partial charge in [-0.05, 0) is 25.7 Å². The van der Waals surface area contributed by atoms with Crippen LogP contribution in [-0.4, -0.2) is 17.8 Å². The summed E-state index contributed by atoms with van der Waals surface area (Å²) in [7, 11) is 0. The van der Waals surface area contributed by atoms with E-state index in [1.165, 1.54) is 57.8 Å². The van der Waals surface area contributed by atoms with Gasteiger partial charge in [0.25, 0.3) is 0 Å². The first kappa shape index (κ1) is 19.4. The summed E-state index contributed by atoms with van der Waals surface area (Å²) in [6, 6.07) is -0.198. The van der Waals surface area contributed by atoms with Crippen molar-refractivity contribution in [1.82, 2.24) is 0 Å². The minimum Gasteiger partial charge on any atom is -0.394 e. The van der Waals surface area contributed by atoms with Crippen LogP contribution in [0.3, 0.4) is 0 Å². The van der Waals surface area contributed by atoms with Crippen LogP contribution in [0.1, 0.15) is 77.6 Å². The van der Waals surface area contributed by atoms with E-state index < -0.39 is 0 Å². The Morgan fingerprint density at radius 1 is 0.800 bits per heavy atom. The molecule has 0 spiro atoms. The van der Waals surface area contributed by atoms with E-state index in [-0.39, 0.29) is 12.6 Å². The molecule has 0 heterocycles. The minimum absolute atomic E-state index is 0.0325. The van der Waals surface area contributed by atoms with E-state index in [0.29, 0.717) is 0 Å². The Balaban J connectivity index is 3.18. The van der Waals surface area contributed by atoms with Gasteiger partial charge in [-0.3, -0.25) is 0 Å². The van der Waals surface area contributed by atoms with Crippen molar-refractivity contribution in [2.75, 3.05) is 6.61 Å². The molecule has 0 aromatic rings. The standard InChI is InChI=1S/C18H35NO/c1-2-3-4-5-6-7-8-9-10-11-12-13-14-15-16-18(19)17-20/h11-12,15-16,18,20H,2-10,13-14,17,19H2,1H3/b12-11-,16-15-/t18-/m1/s1. The van der Waals surface area contributed by atoms with Gasteiger partial charge in [-0.1, -0.05) is 76.2 Å². The smallest absolute Gasteiger partial charge is 0.0618 e. The van der Waals surface area contributed by atoms with Crippen LogP contribution >= 0.6 is 0 Å². The molecule has 0 rings (SSSR count). The highest BCUT2D eigenvalue weighted by atomic mass is 16.3. The number of allylic oxidation sites excluding steroid dienone is 3. The normalized spacial score (nSPS) is 13.6. The lowest BCUT2D eigenvalue weighted by molar-refractivity contribution is 0.284. The van der Waals surface area contributed by atoms with Crippen molar-refractivity contribution in [3.63, 3.8) is 0 Å². The SMILES string of the molecule is CCCCCCCCCC/C=C\CC/C=C\[C@@H](N)CO. The van der Waals surface area contributed by atoms with Crippen LogP contribution in [-0.2, 0) is 0 Å². The molecular formula is C18H35NO. The Hall–Kier alpha value is -0.600. The minimum atomic E-state index is -0.198. The molecule has 20 heavy (non-hydrogen) atoms. The molecule has 0 aromatic carbocycles. The summed E-state index contributed by atoms with van der Waals surface area (Å²) >= 11 is 0. The summed E-state index contributed by atoms with van der Waals surface area (Å²) in [5.74, 6) is 0. The fourth-order valence-corrected chi connectivity index (χ4v) is 2.16. The van der Waals surface area contributed by atoms with Crippen molar-refractivity contribution >= 4 is 0 Å². The van der Waals surface area contributed by atoms with Crippen molar-refractivity contribution in [3.8, 4) is 0 Å². The summed E-state index contributed by atoms with van der Waals surface area (Å²) in [6.45, 7) is 2.30. The average molecular weight is 281 g/mol. The molecule has 2 heteroatoms. The van der Waals surface area contributed by atoms with Gasteiger partial charge in [0, 0.05) is 6.04 Å². The molecule has 0 unspecified atom stereocenters. The molecule has 0 saturated heterocycles. The van der Waals surface area contributed by atoms with Gasteiger partial charge in [-0.2, -0.15) is 0 Å². The molecule has 118 valence electrons. The number of rotatable bonds is 14. The van der Waals surface area contributed by atoms with E-state index in [9.17, 15) is 0 Å². The molecule has 0 aliphatic heterocycles. The molecule has 0 fully saturated rings. The molecule has 0 bridgehead atoms. The lowest BCUT2D eigenvalue weighted by Crippen LogP contribution is -2.20. The van der Waals surface area contributed by atoms with E-state index in [2.05, 4.69) is 25.2 Å². The van der Waals surface area contributed by atoms with E-state index in [1.807, 2.05) is 6.08 Å². The number of nitrogens with two attached hydrogens (primary N) is 1. The van der Waals surface area contributed by atoms with Gasteiger partial charge >= 0.3 is 0 Å². The van der Waals surface area contributed by atoms with Crippen LogP contribution < -0.4 is 5.73 Å². The second-order valence-corrected chi connectivity index (χ2v) is 5.59. The molecule has 1 atom stereocenters. The van der Waals surface area contributed by atoms with Crippen LogP contribution in [0.2, 0.25) is 0 Å². The molecule has 0 aliphatic rings. The average Bonchev–Trinajstić information content (AvgIpc) is 2.47. The lowest BCUT2D eigenvalue weighted by Gasteiger charge is -2.00. The Labute approximate surface area is 126 Å². The van der Waals surface area contributed by atoms with Crippen LogP contribution in [0.25, 0.3) is 0 Å². The fraction of sp³-hybridized carbons (Fsp3) is 0.778. The van der Waals surface area contributed by atoms with E-state index >= 15 is 0 Å². The zero-order valence-corrected chi connectivity index (χ0v) is 13.4. The third kappa shape index (κ3) is 15.5. The fourth-order valence-electron chi connectivity index (χ4n) is 2.16. The number of hydrogen-bond donors (Lipinski definition) is 2. The Kier molecular flexibility index (Phi) is 16.0. The first-order valence-corrected chi connectivity index (χ1v) is 8.49. The Morgan fingerprint density at radius 2 is 1.35 bits per heavy atom. The first-order chi connectivity index (χ1) is 9.81. The molecule has 3 N–H and O–H groups in total. The van der Waals surface area contributed by atoms with Crippen LogP contribution in [0.15, 0.2) is 24.3 Å². The van der Waals surface area contributed by atoms with Gasteiger partial charge in [0.05, 0.1) is 6.61 Å². The van der Waals surface area contributed by atoms with Crippen LogP contribution in [0, 0.1) is 0 Å². The highest BCUT2D eigenvalue weighted by Crippen LogP contribution is 2.09. The number of unbranched alkanes of at least 4 members (excludes halogenated alkanes) is 9. The quantitative estimate of drug-likeness (QED) is 0.357. The Morgan fingerprint density at radius 3 is 2.00 bits per heavy atom. The lowest BCUT2D eigenvalue weighted by atomic mass is 10.1. The van der Waals surface area contributed by atoms with Crippen molar-refractivity contribution in [3.05, 3.63) is 24.3 Å². The van der Waals surface area contributed by atoms with E-state index in [0.717, 1.165) is 12.8 Å². The van der Waals surface area contributed by atoms with Crippen LogP contribution in [0.5, 0.6) is 0 Å². The molecule has 0 saturated carbocycles. The van der Waals surface area contributed by atoms with Gasteiger partial charge in [-0.25, -0.2) is 0 Å². The number of aliphatic hydroxyl groups excluding tert-OH is 1. The molecule has 0 aromatic heterocycles. The van der Waals surface area contributed by atoms with Crippen LogP contribution in [0.4, 0.5) is 0 Å². The highest BCUT2D eigenvalue weighted by Gasteiger charge is 1.91. The third-order valence-corrected chi connectivity index (χ3v) is 3.49. The summed E-state index contributed by atoms with van der Waals surface area (Å²) in [4.78, 5) is 0. The second-order valence-electron chi connectivity index (χ2n) is 5.59. The second kappa shape index (κ2) is 16.5. The van der Waals surface area contributed by atoms with Gasteiger partial charge in [0.15, 0.2) is 0 Å². The van der Waals surface area contributed by atoms with Gasteiger partial charge in [-0.15, -0.1) is 0 Å². The third-order valence-electron chi connectivity index (χ3n) is 3.49. The zero-order chi connectivity index (χ0) is 14.9. The van der Waals surface area contributed by atoms with Gasteiger partial charge in [0.1, 0.15) is 0 Å². The summed E-state index contributed by atoms with van der Waals surface area (Å²) < 4.78 is 0. The van der Waals surface area contributed by atoms with Gasteiger partial charge < -0.3 is 10.8 Å². The van der Waals surface area contributed by atoms with Crippen molar-refractivity contribution in [2.45, 2.75) is 83.6 Å². The molecule has 0 amide bonds. The predicted octanol–water partition coefficient (Wildman–Crippen LogP) is 4.73. The highest BCUT2D eigenvalue weighted by molar-refractivity contribution is 4.93. The number of aliphatic hydroxyl groups is 1. The maximum atomic E-state index is 8.75. The molecule has 0 aliphatic carbocycles. The zero-order valence-electron chi connectivity index (χ0n) is 13.4. The Bertz CT molecular complexity index is 236. The topological polar surface area (TPSA) is 46.2 Å². The molecular weight excluding hydrogens is 246 g/mol. The van der Waals surface area contributed by atoms with E-state index in [1.54, 1.807) is 0 Å². The maximum absolute atomic E-state index is 8.75. The summed E-state index contributed by atoms with van der Waals surface area (Å²) in [6.07, 6.45) is 22.9. The van der Waals surface area contributed by atoms with E-state index in [4.69, 9.17) is 10.8 Å². The molecule has 0 radical (unpaired) electrons. The van der Waals surface area contributed by atoms with Crippen molar-refractivity contribution in [2.24, 2.45) is 5.73 Å². The monoisotopic (exact) mass is 281 g/mol. The molecule has 2 nitrogen and oxygen atoms in total. The largest absolute Gasteiger partial charge is 0.394 e. The maximum Gasteiger partial charge on any atom is 0.0618 e. The van der Waals surface area contributed by atoms with Crippen molar-refractivity contribution in [1.29, 1.82) is 0 Å². The predicted molar refractivity (Wildman–Crippen MR) is 89.8 cm³/mol. The van der Waals surface area contributed by atoms with Crippen molar-refractivity contribution < 1.29 is 5.11 Å². The summed E-state index contributed by atoms with van der Waals surface area (Å²) in [5, 5.41) is 8.75. The summed E-state index contributed by atoms with van der Waals surface area (Å²) in [5.41, 5.74) is 5.57. The number of hydrogen-bond acceptors (Lipinski definition) is 2. The first-order valence-electron chi connectivity index (χ1n) is 8.49.